The molecule has 1 unspecified atom stereocenters. The maximum atomic E-state index is 13.0. The van der Waals surface area contributed by atoms with Crippen molar-refractivity contribution < 1.29 is 19.6 Å². The van der Waals surface area contributed by atoms with E-state index >= 15 is 0 Å². The van der Waals surface area contributed by atoms with Crippen molar-refractivity contribution in [2.24, 2.45) is 11.8 Å². The van der Waals surface area contributed by atoms with Crippen molar-refractivity contribution in [3.05, 3.63) is 71.3 Å². The summed E-state index contributed by atoms with van der Waals surface area (Å²) in [6.07, 6.45) is 1.92. The summed E-state index contributed by atoms with van der Waals surface area (Å²) in [4.78, 5) is 37.9. The maximum Gasteiger partial charge on any atom is 0.255 e. The fraction of sp³-hybridized carbons (Fsp3) is 0.423. The van der Waals surface area contributed by atoms with Crippen LogP contribution in [0.3, 0.4) is 0 Å². The third-order valence-corrected chi connectivity index (χ3v) is 5.48. The zero-order valence-electron chi connectivity index (χ0n) is 19.6. The van der Waals surface area contributed by atoms with Crippen molar-refractivity contribution in [3.8, 4) is 0 Å². The predicted octanol–water partition coefficient (Wildman–Crippen LogP) is 2.94. The second-order valence-electron chi connectivity index (χ2n) is 8.77. The van der Waals surface area contributed by atoms with Crippen LogP contribution >= 0.6 is 0 Å². The van der Waals surface area contributed by atoms with Crippen molar-refractivity contribution in [3.63, 3.8) is 0 Å². The lowest BCUT2D eigenvalue weighted by Gasteiger charge is -2.22. The third kappa shape index (κ3) is 9.06. The second-order valence-corrected chi connectivity index (χ2v) is 8.77. The first kappa shape index (κ1) is 26.1. The first-order valence-electron chi connectivity index (χ1n) is 11.4. The molecular weight excluding hydrogens is 418 g/mol. The molecule has 0 bridgehead atoms. The van der Waals surface area contributed by atoms with E-state index < -0.39 is 23.8 Å². The van der Waals surface area contributed by atoms with Gasteiger partial charge >= 0.3 is 0 Å². The first-order chi connectivity index (χ1) is 15.8. The van der Waals surface area contributed by atoms with E-state index in [1.807, 2.05) is 75.4 Å². The predicted molar refractivity (Wildman–Crippen MR) is 127 cm³/mol. The summed E-state index contributed by atoms with van der Waals surface area (Å²) in [5.74, 6) is -2.65. The number of hydrogen-bond donors (Lipinski definition) is 4. The van der Waals surface area contributed by atoms with E-state index in [1.54, 1.807) is 5.48 Å². The molecule has 3 amide bonds. The van der Waals surface area contributed by atoms with E-state index in [0.29, 0.717) is 25.8 Å². The summed E-state index contributed by atoms with van der Waals surface area (Å²) in [5, 5.41) is 14.7. The van der Waals surface area contributed by atoms with Gasteiger partial charge in [-0.2, -0.15) is 0 Å². The molecule has 0 saturated carbocycles. The molecule has 0 saturated heterocycles. The SMILES string of the molecule is Cc1ccc(CCNC(=O)[C@H](CCc2ccccc2)NC(=O)C(CC(C)C)C(=O)NO)cc1. The summed E-state index contributed by atoms with van der Waals surface area (Å²) in [5.41, 5.74) is 4.91. The smallest absolute Gasteiger partial charge is 0.255 e. The van der Waals surface area contributed by atoms with Gasteiger partial charge in [-0.15, -0.1) is 0 Å². The number of aryl methyl sites for hydroxylation is 2. The van der Waals surface area contributed by atoms with Gasteiger partial charge in [-0.25, -0.2) is 5.48 Å². The minimum atomic E-state index is -1.07. The summed E-state index contributed by atoms with van der Waals surface area (Å²) >= 11 is 0. The average Bonchev–Trinajstić information content (AvgIpc) is 2.81. The Labute approximate surface area is 195 Å². The van der Waals surface area contributed by atoms with Crippen molar-refractivity contribution in [2.45, 2.75) is 52.5 Å². The van der Waals surface area contributed by atoms with Gasteiger partial charge in [0.15, 0.2) is 0 Å². The lowest BCUT2D eigenvalue weighted by molar-refractivity contribution is -0.142. The molecular formula is C26H35N3O4. The van der Waals surface area contributed by atoms with Crippen LogP contribution in [0.25, 0.3) is 0 Å². The lowest BCUT2D eigenvalue weighted by atomic mass is 9.95. The van der Waals surface area contributed by atoms with Gasteiger partial charge in [0.2, 0.25) is 11.8 Å². The Morgan fingerprint density at radius 1 is 0.848 bits per heavy atom. The highest BCUT2D eigenvalue weighted by Crippen LogP contribution is 2.14. The summed E-state index contributed by atoms with van der Waals surface area (Å²) in [6.45, 7) is 6.23. The van der Waals surface area contributed by atoms with Gasteiger partial charge in [0.25, 0.3) is 5.91 Å². The Bertz CT molecular complexity index is 898. The molecule has 2 aromatic rings. The van der Waals surface area contributed by atoms with E-state index in [1.165, 1.54) is 5.56 Å². The first-order valence-corrected chi connectivity index (χ1v) is 11.4. The van der Waals surface area contributed by atoms with Gasteiger partial charge in [-0.1, -0.05) is 74.0 Å². The van der Waals surface area contributed by atoms with Crippen LogP contribution in [0, 0.1) is 18.8 Å². The van der Waals surface area contributed by atoms with E-state index in [4.69, 9.17) is 5.21 Å². The molecule has 4 N–H and O–H groups in total. The molecule has 0 aliphatic carbocycles. The van der Waals surface area contributed by atoms with Crippen LogP contribution < -0.4 is 16.1 Å². The topological polar surface area (TPSA) is 108 Å². The van der Waals surface area contributed by atoms with E-state index in [9.17, 15) is 14.4 Å². The molecule has 7 nitrogen and oxygen atoms in total. The van der Waals surface area contributed by atoms with Crippen LogP contribution in [0.15, 0.2) is 54.6 Å². The molecule has 2 rings (SSSR count). The van der Waals surface area contributed by atoms with Crippen LogP contribution in [0.1, 0.15) is 43.4 Å². The zero-order chi connectivity index (χ0) is 24.2. The molecule has 7 heteroatoms. The number of benzene rings is 2. The molecule has 0 fully saturated rings. The van der Waals surface area contributed by atoms with Crippen LogP contribution in [-0.4, -0.2) is 35.5 Å². The molecule has 2 aromatic carbocycles. The number of carbonyl (C=O) groups is 3. The number of hydrogen-bond acceptors (Lipinski definition) is 4. The molecule has 0 heterocycles. The van der Waals surface area contributed by atoms with Crippen molar-refractivity contribution in [1.82, 2.24) is 16.1 Å². The quantitative estimate of drug-likeness (QED) is 0.225. The Morgan fingerprint density at radius 3 is 2.09 bits per heavy atom. The van der Waals surface area contributed by atoms with Crippen LogP contribution in [0.5, 0.6) is 0 Å². The molecule has 0 radical (unpaired) electrons. The highest BCUT2D eigenvalue weighted by molar-refractivity contribution is 6.01. The van der Waals surface area contributed by atoms with Gasteiger partial charge in [0.1, 0.15) is 12.0 Å². The Morgan fingerprint density at radius 2 is 1.48 bits per heavy atom. The molecule has 178 valence electrons. The molecule has 0 aliphatic rings. The standard InChI is InChI=1S/C26H35N3O4/c1-18(2)17-22(25(31)29-33)24(30)28-23(14-13-20-7-5-4-6-8-20)26(32)27-16-15-21-11-9-19(3)10-12-21/h4-12,18,22-23,33H,13-17H2,1-3H3,(H,27,32)(H,28,30)(H,29,31)/t22?,23-/m0/s1. The largest absolute Gasteiger partial charge is 0.354 e. The second kappa shape index (κ2) is 13.4. The van der Waals surface area contributed by atoms with Crippen molar-refractivity contribution in [2.75, 3.05) is 6.54 Å². The highest BCUT2D eigenvalue weighted by Gasteiger charge is 2.30. The van der Waals surface area contributed by atoms with Gasteiger partial charge in [0.05, 0.1) is 0 Å². The van der Waals surface area contributed by atoms with Gasteiger partial charge in [0, 0.05) is 6.54 Å². The molecule has 0 aliphatic heterocycles. The maximum absolute atomic E-state index is 13.0. The Hall–Kier alpha value is -3.19. The summed E-state index contributed by atoms with van der Waals surface area (Å²) < 4.78 is 0. The summed E-state index contributed by atoms with van der Waals surface area (Å²) in [6, 6.07) is 17.0. The summed E-state index contributed by atoms with van der Waals surface area (Å²) in [7, 11) is 0. The Balaban J connectivity index is 2.05. The number of carbonyl (C=O) groups excluding carboxylic acids is 3. The van der Waals surface area contributed by atoms with E-state index in [0.717, 1.165) is 11.1 Å². The van der Waals surface area contributed by atoms with Crippen LogP contribution in [0.4, 0.5) is 0 Å². The van der Waals surface area contributed by atoms with Crippen LogP contribution in [0.2, 0.25) is 0 Å². The van der Waals surface area contributed by atoms with E-state index in [-0.39, 0.29) is 18.2 Å². The fourth-order valence-corrected chi connectivity index (χ4v) is 3.59. The molecule has 2 atom stereocenters. The van der Waals surface area contributed by atoms with Crippen molar-refractivity contribution >= 4 is 17.7 Å². The van der Waals surface area contributed by atoms with Gasteiger partial charge < -0.3 is 10.6 Å². The minimum absolute atomic E-state index is 0.0594. The van der Waals surface area contributed by atoms with Crippen LogP contribution in [-0.2, 0) is 27.2 Å². The average molecular weight is 454 g/mol. The zero-order valence-corrected chi connectivity index (χ0v) is 19.6. The highest BCUT2D eigenvalue weighted by atomic mass is 16.5. The van der Waals surface area contributed by atoms with E-state index in [2.05, 4.69) is 10.6 Å². The monoisotopic (exact) mass is 453 g/mol. The van der Waals surface area contributed by atoms with Gasteiger partial charge in [-0.05, 0) is 49.7 Å². The number of rotatable bonds is 12. The number of hydroxylamine groups is 1. The molecule has 0 aromatic heterocycles. The minimum Gasteiger partial charge on any atom is -0.354 e. The van der Waals surface area contributed by atoms with Gasteiger partial charge in [-0.3, -0.25) is 19.6 Å². The number of amides is 3. The van der Waals surface area contributed by atoms with Crippen molar-refractivity contribution in [1.29, 1.82) is 0 Å². The fourth-order valence-electron chi connectivity index (χ4n) is 3.59. The number of nitrogens with one attached hydrogen (secondary N) is 3. The normalized spacial score (nSPS) is 12.6. The lowest BCUT2D eigenvalue weighted by Crippen LogP contribution is -2.51. The third-order valence-electron chi connectivity index (χ3n) is 5.48. The molecule has 0 spiro atoms. The Kier molecular flexibility index (Phi) is 10.6. The molecule has 33 heavy (non-hydrogen) atoms.